The van der Waals surface area contributed by atoms with Crippen LogP contribution in [0.4, 0.5) is 0 Å². The van der Waals surface area contributed by atoms with E-state index >= 15 is 0 Å². The normalized spacial score (nSPS) is 12.5. The van der Waals surface area contributed by atoms with Gasteiger partial charge in [-0.1, -0.05) is 0 Å². The third kappa shape index (κ3) is 10.6. The maximum atomic E-state index is 11.0. The fourth-order valence-electron chi connectivity index (χ4n) is 1.40. The Morgan fingerprint density at radius 3 is 1.41 bits per heavy atom. The van der Waals surface area contributed by atoms with Crippen LogP contribution in [0.3, 0.4) is 0 Å². The second-order valence-corrected chi connectivity index (χ2v) is 5.77. The molecule has 0 bridgehead atoms. The van der Waals surface area contributed by atoms with Crippen molar-refractivity contribution < 1.29 is 27.3 Å². The molecule has 0 atom stereocenters. The van der Waals surface area contributed by atoms with Gasteiger partial charge in [0, 0.05) is 39.0 Å². The van der Waals surface area contributed by atoms with Crippen LogP contribution in [-0.4, -0.2) is 26.5 Å². The maximum Gasteiger partial charge on any atom is 1.10 e. The minimum atomic E-state index is -2.34. The molecule has 6 nitrogen and oxygen atoms in total. The summed E-state index contributed by atoms with van der Waals surface area (Å²) in [6.45, 7) is 8.95. The first-order chi connectivity index (χ1) is 10.1. The molecule has 0 heterocycles. The highest BCUT2D eigenvalue weighted by Gasteiger charge is 2.34. The molecular formula is C15H21O6Si+. The largest absolute Gasteiger partial charge is 1.10 e. The molecule has 0 unspecified atom stereocenters. The summed E-state index contributed by atoms with van der Waals surface area (Å²) in [6, 6.07) is 0. The van der Waals surface area contributed by atoms with E-state index in [9.17, 15) is 14.4 Å². The average molecular weight is 325 g/mol. The Morgan fingerprint density at radius 1 is 0.727 bits per heavy atom. The van der Waals surface area contributed by atoms with Gasteiger partial charge in [0.15, 0.2) is 34.6 Å². The number of carbonyl (C=O) groups excluding carboxylic acids is 3. The van der Waals surface area contributed by atoms with Crippen LogP contribution in [0.5, 0.6) is 0 Å². The summed E-state index contributed by atoms with van der Waals surface area (Å²) in [4.78, 5) is 33.1. The summed E-state index contributed by atoms with van der Waals surface area (Å²) in [5, 5.41) is 0. The van der Waals surface area contributed by atoms with Crippen LogP contribution in [0.15, 0.2) is 35.5 Å². The lowest BCUT2D eigenvalue weighted by Gasteiger charge is -1.98. The molecule has 0 aromatic carbocycles. The van der Waals surface area contributed by atoms with E-state index in [4.69, 9.17) is 12.9 Å². The third-order valence-corrected chi connectivity index (χ3v) is 3.42. The number of allylic oxidation sites excluding steroid dienone is 6. The van der Waals surface area contributed by atoms with E-state index in [1.54, 1.807) is 20.8 Å². The molecule has 0 saturated carbocycles. The van der Waals surface area contributed by atoms with Crippen molar-refractivity contribution in [3.05, 3.63) is 35.5 Å². The summed E-state index contributed by atoms with van der Waals surface area (Å²) in [6.07, 6.45) is 3.89. The Balaban J connectivity index is 5.40. The fourth-order valence-corrected chi connectivity index (χ4v) is 2.49. The standard InChI is InChI=1S/C15H21O6Si/c1-10(16)7-13(4)19-22(20-14(5)8-11(2)17)21-15(6)9-12(3)18/h7-9H,1-6H3/q+1. The van der Waals surface area contributed by atoms with Crippen LogP contribution in [0.25, 0.3) is 0 Å². The van der Waals surface area contributed by atoms with E-state index in [-0.39, 0.29) is 17.3 Å². The number of hydrogen-bond acceptors (Lipinski definition) is 5. The highest BCUT2D eigenvalue weighted by molar-refractivity contribution is 6.28. The second kappa shape index (κ2) is 9.72. The quantitative estimate of drug-likeness (QED) is 0.296. The molecule has 7 heteroatoms. The molecule has 120 valence electrons. The van der Waals surface area contributed by atoms with Crippen LogP contribution in [-0.2, 0) is 27.3 Å². The summed E-state index contributed by atoms with van der Waals surface area (Å²) in [5.74, 6) is 0.454. The Morgan fingerprint density at radius 2 is 1.09 bits per heavy atom. The molecule has 0 spiro atoms. The maximum absolute atomic E-state index is 11.0. The van der Waals surface area contributed by atoms with Gasteiger partial charge in [-0.25, -0.2) is 0 Å². The van der Waals surface area contributed by atoms with Crippen molar-refractivity contribution in [1.29, 1.82) is 0 Å². The number of hydrogen-bond donors (Lipinski definition) is 0. The predicted octanol–water partition coefficient (Wildman–Crippen LogP) is 2.45. The minimum absolute atomic E-state index is 0.175. The van der Waals surface area contributed by atoms with Gasteiger partial charge >= 0.3 is 9.17 Å². The van der Waals surface area contributed by atoms with E-state index in [2.05, 4.69) is 0 Å². The molecule has 0 N–H and O–H groups in total. The first kappa shape index (κ1) is 19.8. The van der Waals surface area contributed by atoms with Gasteiger partial charge in [0.25, 0.3) is 0 Å². The van der Waals surface area contributed by atoms with Gasteiger partial charge in [-0.15, -0.1) is 0 Å². The first-order valence-corrected chi connectivity index (χ1v) is 7.79. The smallest absolute Gasteiger partial charge is 0.370 e. The Bertz CT molecular complexity index is 547. The monoisotopic (exact) mass is 325 g/mol. The van der Waals surface area contributed by atoms with Crippen LogP contribution >= 0.6 is 0 Å². The molecule has 0 aromatic heterocycles. The fraction of sp³-hybridized carbons (Fsp3) is 0.400. The zero-order valence-electron chi connectivity index (χ0n) is 13.7. The van der Waals surface area contributed by atoms with Crippen molar-refractivity contribution in [3.8, 4) is 0 Å². The van der Waals surface area contributed by atoms with Gasteiger partial charge in [-0.05, 0) is 20.8 Å². The number of carbonyl (C=O) groups is 3. The third-order valence-electron chi connectivity index (χ3n) is 1.95. The van der Waals surface area contributed by atoms with Gasteiger partial charge in [0.1, 0.15) is 0 Å². The van der Waals surface area contributed by atoms with E-state index in [1.165, 1.54) is 39.0 Å². The first-order valence-electron chi connectivity index (χ1n) is 6.57. The van der Waals surface area contributed by atoms with Crippen molar-refractivity contribution in [2.45, 2.75) is 41.5 Å². The van der Waals surface area contributed by atoms with Crippen LogP contribution in [0, 0.1) is 0 Å². The van der Waals surface area contributed by atoms with E-state index in [0.717, 1.165) is 0 Å². The topological polar surface area (TPSA) is 81.0 Å². The molecule has 0 aliphatic heterocycles. The minimum Gasteiger partial charge on any atom is -0.370 e. The van der Waals surface area contributed by atoms with Gasteiger partial charge < -0.3 is 12.9 Å². The molecule has 0 amide bonds. The SMILES string of the molecule is CC(=O)C=C(C)O[Si](OC(C)=CC(C)=O)=[O+]C(C)=CC(C)=O. The zero-order chi connectivity index (χ0) is 17.3. The Kier molecular flexibility index (Phi) is 8.77. The van der Waals surface area contributed by atoms with Crippen molar-refractivity contribution >= 4 is 26.5 Å². The molecule has 0 saturated heterocycles. The summed E-state index contributed by atoms with van der Waals surface area (Å²) in [7, 11) is -2.34. The van der Waals surface area contributed by atoms with Crippen molar-refractivity contribution in [3.63, 3.8) is 0 Å². The van der Waals surface area contributed by atoms with E-state index in [1.807, 2.05) is 0 Å². The molecule has 0 aromatic rings. The highest BCUT2D eigenvalue weighted by atomic mass is 28.3. The summed E-state index contributed by atoms with van der Waals surface area (Å²) in [5.41, 5.74) is 0. The Hall–Kier alpha value is -2.15. The lowest BCUT2D eigenvalue weighted by molar-refractivity contribution is -0.113. The molecular weight excluding hydrogens is 304 g/mol. The lowest BCUT2D eigenvalue weighted by atomic mass is 10.4. The van der Waals surface area contributed by atoms with Gasteiger partial charge in [0.2, 0.25) is 0 Å². The molecule has 0 radical (unpaired) electrons. The second-order valence-electron chi connectivity index (χ2n) is 4.65. The van der Waals surface area contributed by atoms with Crippen molar-refractivity contribution in [2.24, 2.45) is 0 Å². The van der Waals surface area contributed by atoms with E-state index in [0.29, 0.717) is 17.3 Å². The van der Waals surface area contributed by atoms with Crippen LogP contribution in [0.1, 0.15) is 41.5 Å². The predicted molar refractivity (Wildman–Crippen MR) is 81.9 cm³/mol. The average Bonchev–Trinajstić information content (AvgIpc) is 2.23. The van der Waals surface area contributed by atoms with Crippen LogP contribution in [0.2, 0.25) is 0 Å². The molecule has 0 aliphatic rings. The number of rotatable bonds is 8. The highest BCUT2D eigenvalue weighted by Crippen LogP contribution is 2.04. The van der Waals surface area contributed by atoms with Crippen molar-refractivity contribution in [2.75, 3.05) is 0 Å². The lowest BCUT2D eigenvalue weighted by Crippen LogP contribution is -2.15. The van der Waals surface area contributed by atoms with Gasteiger partial charge in [-0.2, -0.15) is 0 Å². The number of ketones is 3. The molecule has 22 heavy (non-hydrogen) atoms. The molecule has 0 fully saturated rings. The summed E-state index contributed by atoms with van der Waals surface area (Å²) < 4.78 is 16.4. The summed E-state index contributed by atoms with van der Waals surface area (Å²) >= 11 is 0. The van der Waals surface area contributed by atoms with Gasteiger partial charge in [0.05, 0.1) is 0 Å². The van der Waals surface area contributed by atoms with Crippen LogP contribution < -0.4 is 0 Å². The zero-order valence-corrected chi connectivity index (χ0v) is 14.7. The molecule has 0 rings (SSSR count). The molecule has 0 aliphatic carbocycles. The van der Waals surface area contributed by atoms with Gasteiger partial charge in [-0.3, -0.25) is 14.4 Å². The van der Waals surface area contributed by atoms with E-state index < -0.39 is 9.17 Å². The van der Waals surface area contributed by atoms with Crippen molar-refractivity contribution in [1.82, 2.24) is 0 Å². The Labute approximate surface area is 131 Å².